The lowest BCUT2D eigenvalue weighted by Crippen LogP contribution is -2.57. The maximum Gasteiger partial charge on any atom is 0.409 e. The third kappa shape index (κ3) is 10.2. The van der Waals surface area contributed by atoms with Crippen molar-refractivity contribution in [1.29, 1.82) is 0 Å². The Kier molecular flexibility index (Phi) is 14.2. The number of nitrogens with zero attached hydrogens (tertiary/aromatic N) is 2. The van der Waals surface area contributed by atoms with Crippen LogP contribution in [0.4, 0.5) is 10.5 Å². The van der Waals surface area contributed by atoms with Gasteiger partial charge in [-0.05, 0) is 57.1 Å². The van der Waals surface area contributed by atoms with Crippen molar-refractivity contribution in [1.82, 2.24) is 10.2 Å². The van der Waals surface area contributed by atoms with Crippen LogP contribution in [0.2, 0.25) is 5.02 Å². The fourth-order valence-electron chi connectivity index (χ4n) is 6.16. The fraction of sp³-hybridized carbons (Fsp3) is 0.611. The molecule has 3 aliphatic heterocycles. The van der Waals surface area contributed by atoms with Gasteiger partial charge in [0.1, 0.15) is 28.6 Å². The van der Waals surface area contributed by atoms with E-state index in [0.29, 0.717) is 29.3 Å². The molecule has 0 aliphatic carbocycles. The summed E-state index contributed by atoms with van der Waals surface area (Å²) in [6.07, 6.45) is 7.95. The molecule has 1 unspecified atom stereocenters. The predicted molar refractivity (Wildman–Crippen MR) is 195 cm³/mol. The molecule has 14 heteroatoms. The molecule has 3 aliphatic rings. The van der Waals surface area contributed by atoms with E-state index >= 15 is 0 Å². The van der Waals surface area contributed by atoms with Crippen LogP contribution < -0.4 is 15.0 Å². The second-order valence-corrected chi connectivity index (χ2v) is 15.0. The Morgan fingerprint density at radius 2 is 1.96 bits per heavy atom. The average molecular weight is 738 g/mol. The number of carbonyl (C=O) groups excluding carboxylic acids is 3. The zero-order valence-electron chi connectivity index (χ0n) is 30.4. The number of carbonyl (C=O) groups is 4. The molecule has 1 aromatic carbocycles. The maximum atomic E-state index is 13.4. The number of aliphatic hydroxyl groups is 1. The molecule has 3 N–H and O–H groups in total. The molecule has 3 heterocycles. The van der Waals surface area contributed by atoms with Crippen LogP contribution in [-0.4, -0.2) is 102 Å². The number of alkyl carbamates (subject to hydrolysis) is 1. The van der Waals surface area contributed by atoms with Gasteiger partial charge in [0.2, 0.25) is 11.8 Å². The van der Waals surface area contributed by atoms with Gasteiger partial charge in [-0.3, -0.25) is 14.9 Å². The van der Waals surface area contributed by atoms with Gasteiger partial charge in [-0.25, -0.2) is 9.59 Å². The van der Waals surface area contributed by atoms with E-state index in [1.807, 2.05) is 64.3 Å². The molecule has 2 fully saturated rings. The molecular weight excluding hydrogens is 686 g/mol. The number of fused-ring (bicyclic) bond motifs is 5. The summed E-state index contributed by atoms with van der Waals surface area (Å²) in [7, 11) is 4.79. The molecule has 7 atom stereocenters. The molecule has 278 valence electrons. The number of carboxylic acids is 1. The van der Waals surface area contributed by atoms with Gasteiger partial charge in [0, 0.05) is 51.4 Å². The van der Waals surface area contributed by atoms with Crippen molar-refractivity contribution in [2.45, 2.75) is 96.3 Å². The monoisotopic (exact) mass is 737 g/mol. The molecule has 0 spiro atoms. The van der Waals surface area contributed by atoms with Crippen LogP contribution >= 0.6 is 23.4 Å². The van der Waals surface area contributed by atoms with Crippen LogP contribution in [-0.2, 0) is 30.3 Å². The number of halogens is 1. The SMILES string of the molecule is COc1cc2cc(c1Cl)N(C)C(=O)CC(C)[C@]1(C)O[C@H]1[C@H](C)[C@@H]1C[C@](O)(C/C=C/C=C(\C)C2)NC(=O)O1.CSCCC(=O)N(C)[C@H](C)C(=O)O. The number of rotatable bonds is 6. The number of allylic oxidation sites excluding steroid dienone is 3. The van der Waals surface area contributed by atoms with E-state index < -0.39 is 35.5 Å². The summed E-state index contributed by atoms with van der Waals surface area (Å²) in [5.74, 6) is -0.216. The van der Waals surface area contributed by atoms with Crippen molar-refractivity contribution in [2.75, 3.05) is 38.1 Å². The van der Waals surface area contributed by atoms with Gasteiger partial charge in [0.15, 0.2) is 0 Å². The minimum atomic E-state index is -1.41. The number of thioether (sulfide) groups is 1. The molecule has 50 heavy (non-hydrogen) atoms. The van der Waals surface area contributed by atoms with Crippen LogP contribution in [0.25, 0.3) is 0 Å². The van der Waals surface area contributed by atoms with E-state index in [1.54, 1.807) is 30.8 Å². The fourth-order valence-corrected chi connectivity index (χ4v) is 6.85. The minimum Gasteiger partial charge on any atom is -0.495 e. The number of hydrogen-bond acceptors (Lipinski definition) is 9. The first-order valence-electron chi connectivity index (χ1n) is 16.7. The number of benzene rings is 1. The largest absolute Gasteiger partial charge is 0.495 e. The van der Waals surface area contributed by atoms with Crippen LogP contribution in [0.1, 0.15) is 65.9 Å². The molecule has 4 rings (SSSR count). The number of aliphatic carboxylic acids is 1. The smallest absolute Gasteiger partial charge is 0.409 e. The second-order valence-electron chi connectivity index (χ2n) is 13.7. The average Bonchev–Trinajstić information content (AvgIpc) is 3.76. The molecule has 3 amide bonds. The Bertz CT molecular complexity index is 1490. The van der Waals surface area contributed by atoms with Crippen molar-refractivity contribution >= 4 is 52.9 Å². The number of nitrogens with one attached hydrogen (secondary N) is 1. The van der Waals surface area contributed by atoms with Crippen LogP contribution in [0.15, 0.2) is 35.9 Å². The quantitative estimate of drug-likeness (QED) is 0.321. The van der Waals surface area contributed by atoms with Gasteiger partial charge < -0.3 is 34.2 Å². The number of ether oxygens (including phenoxy) is 3. The summed E-state index contributed by atoms with van der Waals surface area (Å²) >= 11 is 8.20. The molecule has 0 aromatic heterocycles. The van der Waals surface area contributed by atoms with Gasteiger partial charge >= 0.3 is 12.1 Å². The first kappa shape index (κ1) is 41.2. The van der Waals surface area contributed by atoms with Crippen LogP contribution in [0.5, 0.6) is 5.75 Å². The molecule has 2 saturated heterocycles. The first-order valence-corrected chi connectivity index (χ1v) is 18.5. The van der Waals surface area contributed by atoms with E-state index in [2.05, 4.69) is 5.32 Å². The van der Waals surface area contributed by atoms with Gasteiger partial charge in [-0.15, -0.1) is 0 Å². The third-order valence-electron chi connectivity index (χ3n) is 9.89. The zero-order valence-corrected chi connectivity index (χ0v) is 32.0. The molecule has 0 saturated carbocycles. The number of epoxide rings is 1. The van der Waals surface area contributed by atoms with Crippen molar-refractivity contribution in [2.24, 2.45) is 11.8 Å². The van der Waals surface area contributed by atoms with Gasteiger partial charge in [-0.2, -0.15) is 11.8 Å². The number of anilines is 1. The number of likely N-dealkylation sites (N-methyl/N-ethyl adjacent to an activating group) is 1. The number of amides is 3. The number of carboxylic acid groups (broad SMARTS) is 1. The zero-order chi connectivity index (χ0) is 37.6. The van der Waals surface area contributed by atoms with Gasteiger partial charge in [0.05, 0.1) is 24.5 Å². The third-order valence-corrected chi connectivity index (χ3v) is 10.9. The van der Waals surface area contributed by atoms with E-state index in [9.17, 15) is 24.3 Å². The Morgan fingerprint density at radius 3 is 2.58 bits per heavy atom. The van der Waals surface area contributed by atoms with Crippen LogP contribution in [0.3, 0.4) is 0 Å². The Hall–Kier alpha value is -3.26. The summed E-state index contributed by atoms with van der Waals surface area (Å²) in [4.78, 5) is 50.3. The van der Waals surface area contributed by atoms with Crippen molar-refractivity contribution < 1.29 is 43.6 Å². The van der Waals surface area contributed by atoms with Crippen molar-refractivity contribution in [3.63, 3.8) is 0 Å². The van der Waals surface area contributed by atoms with Crippen LogP contribution in [0, 0.1) is 11.8 Å². The standard InChI is InChI=1S/C28H37ClN2O6.C8H15NO3S/c1-16-9-7-8-10-28(34)15-22(36-26(33)30-28)18(3)25-27(4,37-25)17(2)12-23(32)31(5)20-13-19(11-16)14-21(35-6)24(20)29;1-6(8(11)12)9(2)7(10)4-5-13-3/h7-9,13-14,17-18,22,25,34H,10-12,15H2,1-6H3,(H,30,33);6H,4-5H2,1-3H3,(H,11,12)/b8-7+,16-9+;/t17?,18-,22+,25+,27+,28-;6-/m11/s1. The molecule has 1 aromatic rings. The highest BCUT2D eigenvalue weighted by Crippen LogP contribution is 2.50. The first-order chi connectivity index (χ1) is 23.4. The molecule has 0 radical (unpaired) electrons. The van der Waals surface area contributed by atoms with E-state index in [-0.39, 0.29) is 49.0 Å². The molecular formula is C36H52ClN3O9S. The Balaban J connectivity index is 0.000000442. The number of hydrogen-bond donors (Lipinski definition) is 3. The van der Waals surface area contributed by atoms with Gasteiger partial charge in [0.25, 0.3) is 0 Å². The van der Waals surface area contributed by atoms with Crippen molar-refractivity contribution in [3.8, 4) is 5.75 Å². The normalized spacial score (nSPS) is 30.5. The van der Waals surface area contributed by atoms with E-state index in [0.717, 1.165) is 16.9 Å². The van der Waals surface area contributed by atoms with Gasteiger partial charge in [-0.1, -0.05) is 49.2 Å². The van der Waals surface area contributed by atoms with Crippen molar-refractivity contribution in [3.05, 3.63) is 46.5 Å². The Labute approximate surface area is 304 Å². The Morgan fingerprint density at radius 1 is 1.28 bits per heavy atom. The summed E-state index contributed by atoms with van der Waals surface area (Å²) in [6, 6.07) is 3.05. The topological polar surface area (TPSA) is 158 Å². The minimum absolute atomic E-state index is 0.0903. The molecule has 12 nitrogen and oxygen atoms in total. The predicted octanol–water partition coefficient (Wildman–Crippen LogP) is 5.44. The summed E-state index contributed by atoms with van der Waals surface area (Å²) < 4.78 is 17.2. The van der Waals surface area contributed by atoms with E-state index in [4.69, 9.17) is 30.9 Å². The summed E-state index contributed by atoms with van der Waals surface area (Å²) in [5.41, 5.74) is 0.637. The highest BCUT2D eigenvalue weighted by Gasteiger charge is 2.61. The molecule has 4 bridgehead atoms. The van der Waals surface area contributed by atoms with E-state index in [1.165, 1.54) is 18.9 Å². The highest BCUT2D eigenvalue weighted by molar-refractivity contribution is 7.98. The lowest BCUT2D eigenvalue weighted by Gasteiger charge is -2.38. The lowest BCUT2D eigenvalue weighted by molar-refractivity contribution is -0.148. The maximum absolute atomic E-state index is 13.4. The summed E-state index contributed by atoms with van der Waals surface area (Å²) in [6.45, 7) is 9.43. The lowest BCUT2D eigenvalue weighted by atomic mass is 9.81. The highest BCUT2D eigenvalue weighted by atomic mass is 35.5. The second kappa shape index (κ2) is 17.3. The number of methoxy groups -OCH3 is 1. The summed E-state index contributed by atoms with van der Waals surface area (Å²) in [5, 5.41) is 22.7.